The van der Waals surface area contributed by atoms with E-state index in [1.807, 2.05) is 0 Å². The zero-order valence-electron chi connectivity index (χ0n) is 3.35. The van der Waals surface area contributed by atoms with E-state index in [4.69, 9.17) is 11.3 Å². The SMILES string of the molecule is [C-]#[N+]CC1CO1. The molecule has 0 N–H and O–H groups in total. The second-order valence-electron chi connectivity index (χ2n) is 1.30. The van der Waals surface area contributed by atoms with Crippen molar-refractivity contribution in [2.24, 2.45) is 0 Å². The van der Waals surface area contributed by atoms with Crippen molar-refractivity contribution < 1.29 is 4.74 Å². The summed E-state index contributed by atoms with van der Waals surface area (Å²) in [4.78, 5) is 3.12. The van der Waals surface area contributed by atoms with E-state index in [2.05, 4.69) is 4.85 Å². The van der Waals surface area contributed by atoms with Gasteiger partial charge >= 0.3 is 0 Å². The van der Waals surface area contributed by atoms with Crippen LogP contribution in [-0.4, -0.2) is 19.3 Å². The van der Waals surface area contributed by atoms with Gasteiger partial charge in [0.05, 0.1) is 6.61 Å². The third-order valence-electron chi connectivity index (χ3n) is 0.697. The standard InChI is InChI=1S/C4H5NO/c1-5-2-4-3-6-4/h4H,2-3H2. The van der Waals surface area contributed by atoms with Crippen molar-refractivity contribution in [2.45, 2.75) is 6.10 Å². The third kappa shape index (κ3) is 0.697. The molecule has 2 nitrogen and oxygen atoms in total. The molecule has 1 aliphatic heterocycles. The molecule has 1 unspecified atom stereocenters. The van der Waals surface area contributed by atoms with Crippen LogP contribution in [0.1, 0.15) is 0 Å². The Bertz CT molecular complexity index is 80.0. The molecule has 2 heteroatoms. The number of ether oxygens (including phenoxy) is 1. The van der Waals surface area contributed by atoms with Crippen LogP contribution < -0.4 is 0 Å². The first-order valence-corrected chi connectivity index (χ1v) is 1.88. The van der Waals surface area contributed by atoms with E-state index >= 15 is 0 Å². The Balaban J connectivity index is 2.05. The topological polar surface area (TPSA) is 16.9 Å². The number of nitrogens with zero attached hydrogens (tertiary/aromatic N) is 1. The maximum Gasteiger partial charge on any atom is 0.242 e. The number of hydrogen-bond donors (Lipinski definition) is 0. The van der Waals surface area contributed by atoms with E-state index in [0.29, 0.717) is 12.6 Å². The maximum atomic E-state index is 6.32. The molecule has 0 aliphatic carbocycles. The summed E-state index contributed by atoms with van der Waals surface area (Å²) in [5.41, 5.74) is 0. The lowest BCUT2D eigenvalue weighted by Gasteiger charge is -1.66. The first-order valence-electron chi connectivity index (χ1n) is 1.88. The van der Waals surface area contributed by atoms with Gasteiger partial charge in [0.25, 0.3) is 0 Å². The lowest BCUT2D eigenvalue weighted by Crippen LogP contribution is -1.84. The largest absolute Gasteiger partial charge is 0.365 e. The molecule has 1 atom stereocenters. The molecule has 0 radical (unpaired) electrons. The molecule has 1 heterocycles. The summed E-state index contributed by atoms with van der Waals surface area (Å²) in [6.45, 7) is 7.68. The van der Waals surface area contributed by atoms with Crippen molar-refractivity contribution in [1.82, 2.24) is 0 Å². The van der Waals surface area contributed by atoms with Gasteiger partial charge in [-0.1, -0.05) is 0 Å². The molecule has 0 aromatic heterocycles. The van der Waals surface area contributed by atoms with Crippen LogP contribution in [-0.2, 0) is 4.74 Å². The van der Waals surface area contributed by atoms with Gasteiger partial charge < -0.3 is 9.58 Å². The van der Waals surface area contributed by atoms with E-state index < -0.39 is 0 Å². The van der Waals surface area contributed by atoms with E-state index in [1.54, 1.807) is 0 Å². The fourth-order valence-electron chi connectivity index (χ4n) is 0.275. The number of epoxide rings is 1. The second-order valence-corrected chi connectivity index (χ2v) is 1.30. The molecule has 0 aromatic rings. The fraction of sp³-hybridized carbons (Fsp3) is 0.750. The molecule has 1 fully saturated rings. The molecule has 0 aromatic carbocycles. The first kappa shape index (κ1) is 3.63. The Morgan fingerprint density at radius 1 is 2.00 bits per heavy atom. The summed E-state index contributed by atoms with van der Waals surface area (Å²) < 4.78 is 4.74. The van der Waals surface area contributed by atoms with Crippen molar-refractivity contribution in [1.29, 1.82) is 0 Å². The third-order valence-corrected chi connectivity index (χ3v) is 0.697. The molecule has 1 aliphatic rings. The number of rotatable bonds is 1. The summed E-state index contributed by atoms with van der Waals surface area (Å²) in [5, 5.41) is 0. The van der Waals surface area contributed by atoms with Crippen LogP contribution in [0.2, 0.25) is 0 Å². The highest BCUT2D eigenvalue weighted by Crippen LogP contribution is 2.07. The van der Waals surface area contributed by atoms with Crippen molar-refractivity contribution in [3.63, 3.8) is 0 Å². The van der Waals surface area contributed by atoms with Crippen LogP contribution in [0.3, 0.4) is 0 Å². The van der Waals surface area contributed by atoms with Crippen LogP contribution in [0, 0.1) is 6.57 Å². The minimum absolute atomic E-state index is 0.294. The van der Waals surface area contributed by atoms with E-state index in [0.717, 1.165) is 6.61 Å². The second kappa shape index (κ2) is 1.27. The van der Waals surface area contributed by atoms with Crippen LogP contribution in [0.15, 0.2) is 0 Å². The van der Waals surface area contributed by atoms with Gasteiger partial charge in [0.1, 0.15) is 0 Å². The Morgan fingerprint density at radius 3 is 2.83 bits per heavy atom. The lowest BCUT2D eigenvalue weighted by atomic mass is 10.5. The average Bonchev–Trinajstić information content (AvgIpc) is 2.21. The van der Waals surface area contributed by atoms with Crippen molar-refractivity contribution in [3.8, 4) is 0 Å². The summed E-state index contributed by atoms with van der Waals surface area (Å²) in [5.74, 6) is 0. The zero-order valence-corrected chi connectivity index (χ0v) is 3.35. The summed E-state index contributed by atoms with van der Waals surface area (Å²) in [7, 11) is 0. The molecule has 0 saturated carbocycles. The van der Waals surface area contributed by atoms with Crippen LogP contribution in [0.25, 0.3) is 4.85 Å². The molecular formula is C4H5NO. The monoisotopic (exact) mass is 83.0 g/mol. The summed E-state index contributed by atoms with van der Waals surface area (Å²) >= 11 is 0. The van der Waals surface area contributed by atoms with Gasteiger partial charge in [-0.2, -0.15) is 0 Å². The van der Waals surface area contributed by atoms with Gasteiger partial charge in [0, 0.05) is 0 Å². The summed E-state index contributed by atoms with van der Waals surface area (Å²) in [6, 6.07) is 0. The van der Waals surface area contributed by atoms with Gasteiger partial charge in [-0.3, -0.25) is 0 Å². The fourth-order valence-corrected chi connectivity index (χ4v) is 0.275. The van der Waals surface area contributed by atoms with Crippen molar-refractivity contribution >= 4 is 0 Å². The predicted molar refractivity (Wildman–Crippen MR) is 21.2 cm³/mol. The smallest absolute Gasteiger partial charge is 0.242 e. The van der Waals surface area contributed by atoms with Crippen LogP contribution in [0.5, 0.6) is 0 Å². The minimum Gasteiger partial charge on any atom is -0.365 e. The predicted octanol–water partition coefficient (Wildman–Crippen LogP) is 0.304. The number of hydrogen-bond acceptors (Lipinski definition) is 1. The normalized spacial score (nSPS) is 28.8. The van der Waals surface area contributed by atoms with E-state index in [1.165, 1.54) is 0 Å². The molecule has 0 spiro atoms. The Morgan fingerprint density at radius 2 is 2.67 bits per heavy atom. The van der Waals surface area contributed by atoms with Gasteiger partial charge in [0.2, 0.25) is 6.54 Å². The Kier molecular flexibility index (Phi) is 0.771. The highest BCUT2D eigenvalue weighted by molar-refractivity contribution is 4.77. The van der Waals surface area contributed by atoms with Crippen molar-refractivity contribution in [3.05, 3.63) is 11.4 Å². The van der Waals surface area contributed by atoms with Gasteiger partial charge in [-0.15, -0.1) is 0 Å². The van der Waals surface area contributed by atoms with Gasteiger partial charge in [0.15, 0.2) is 6.10 Å². The molecule has 1 rings (SSSR count). The highest BCUT2D eigenvalue weighted by atomic mass is 16.6. The Hall–Kier alpha value is -0.550. The molecule has 0 amide bonds. The average molecular weight is 83.1 g/mol. The minimum atomic E-state index is 0.294. The zero-order chi connectivity index (χ0) is 4.41. The van der Waals surface area contributed by atoms with Crippen molar-refractivity contribution in [2.75, 3.05) is 13.2 Å². The Labute approximate surface area is 36.5 Å². The quantitative estimate of drug-likeness (QED) is 0.329. The van der Waals surface area contributed by atoms with Gasteiger partial charge in [-0.05, 0) is 0 Å². The van der Waals surface area contributed by atoms with Crippen LogP contribution in [0.4, 0.5) is 0 Å². The highest BCUT2D eigenvalue weighted by Gasteiger charge is 2.24. The van der Waals surface area contributed by atoms with Gasteiger partial charge in [-0.25, -0.2) is 6.57 Å². The van der Waals surface area contributed by atoms with E-state index in [9.17, 15) is 0 Å². The van der Waals surface area contributed by atoms with Crippen LogP contribution >= 0.6 is 0 Å². The molecule has 1 saturated heterocycles. The molecular weight excluding hydrogens is 78.0 g/mol. The molecule has 32 valence electrons. The molecule has 6 heavy (non-hydrogen) atoms. The first-order chi connectivity index (χ1) is 2.93. The van der Waals surface area contributed by atoms with E-state index in [-0.39, 0.29) is 0 Å². The molecule has 0 bridgehead atoms. The lowest BCUT2D eigenvalue weighted by molar-refractivity contribution is 0.420. The summed E-state index contributed by atoms with van der Waals surface area (Å²) in [6.07, 6.45) is 0.294. The maximum absolute atomic E-state index is 6.32.